The van der Waals surface area contributed by atoms with Crippen LogP contribution in [0.4, 0.5) is 4.39 Å². The van der Waals surface area contributed by atoms with Gasteiger partial charge in [0.15, 0.2) is 0 Å². The van der Waals surface area contributed by atoms with E-state index in [2.05, 4.69) is 40.9 Å². The Hall–Kier alpha value is -1.92. The van der Waals surface area contributed by atoms with Crippen LogP contribution in [0, 0.1) is 5.82 Å². The van der Waals surface area contributed by atoms with Crippen molar-refractivity contribution in [2.45, 2.75) is 50.5 Å². The zero-order valence-corrected chi connectivity index (χ0v) is 17.5. The van der Waals surface area contributed by atoms with Gasteiger partial charge in [0.25, 0.3) is 0 Å². The van der Waals surface area contributed by atoms with Crippen LogP contribution in [0.1, 0.15) is 50.3 Å². The summed E-state index contributed by atoms with van der Waals surface area (Å²) in [6.07, 6.45) is 2.25. The molecule has 0 amide bonds. The molecule has 4 nitrogen and oxygen atoms in total. The number of fused-ring (bicyclic) bond motifs is 4. The number of hydrogen-bond acceptors (Lipinski definition) is 4. The Bertz CT molecular complexity index is 960. The molecule has 1 spiro atoms. The highest BCUT2D eigenvalue weighted by atomic mass is 79.9. The second-order valence-electron chi connectivity index (χ2n) is 8.38. The van der Waals surface area contributed by atoms with Crippen LogP contribution in [0.2, 0.25) is 0 Å². The van der Waals surface area contributed by atoms with Gasteiger partial charge < -0.3 is 9.47 Å². The van der Waals surface area contributed by atoms with Gasteiger partial charge in [0, 0.05) is 29.3 Å². The van der Waals surface area contributed by atoms with E-state index in [9.17, 15) is 4.39 Å². The lowest BCUT2D eigenvalue weighted by Gasteiger charge is -2.52. The van der Waals surface area contributed by atoms with Crippen LogP contribution < -0.4 is 4.74 Å². The van der Waals surface area contributed by atoms with Gasteiger partial charge in [-0.25, -0.2) is 9.40 Å². The molecule has 2 aromatic rings. The van der Waals surface area contributed by atoms with Gasteiger partial charge in [0.2, 0.25) is 5.72 Å². The highest BCUT2D eigenvalue weighted by Crippen LogP contribution is 2.52. The molecule has 146 valence electrons. The first kappa shape index (κ1) is 18.1. The van der Waals surface area contributed by atoms with E-state index in [1.54, 1.807) is 12.1 Å². The topological polar surface area (TPSA) is 34.1 Å². The smallest absolute Gasteiger partial charge is 0.203 e. The summed E-state index contributed by atoms with van der Waals surface area (Å²) < 4.78 is 27.0. The normalized spacial score (nSPS) is 27.8. The van der Waals surface area contributed by atoms with Gasteiger partial charge >= 0.3 is 0 Å². The van der Waals surface area contributed by atoms with Crippen molar-refractivity contribution >= 4 is 21.6 Å². The Balaban J connectivity index is 1.61. The lowest BCUT2D eigenvalue weighted by molar-refractivity contribution is -0.212. The third-order valence-corrected chi connectivity index (χ3v) is 6.32. The van der Waals surface area contributed by atoms with Crippen LogP contribution in [0.5, 0.6) is 5.75 Å². The summed E-state index contributed by atoms with van der Waals surface area (Å²) in [4.78, 5) is 0. The molecule has 3 heterocycles. The number of benzene rings is 2. The number of ether oxygens (including phenoxy) is 2. The summed E-state index contributed by atoms with van der Waals surface area (Å²) in [6, 6.07) is 12.8. The summed E-state index contributed by atoms with van der Waals surface area (Å²) in [6.45, 7) is 4.83. The maximum absolute atomic E-state index is 13.4. The summed E-state index contributed by atoms with van der Waals surface area (Å²) in [5.41, 5.74) is 2.22. The van der Waals surface area contributed by atoms with Crippen LogP contribution in [0.25, 0.3) is 0 Å². The van der Waals surface area contributed by atoms with Crippen LogP contribution in [-0.2, 0) is 4.74 Å². The molecule has 0 aromatic heterocycles. The predicted octanol–water partition coefficient (Wildman–Crippen LogP) is 5.42. The Morgan fingerprint density at radius 1 is 1.18 bits per heavy atom. The van der Waals surface area contributed by atoms with Crippen molar-refractivity contribution in [1.29, 1.82) is 0 Å². The Morgan fingerprint density at radius 3 is 2.71 bits per heavy atom. The molecule has 1 saturated heterocycles. The lowest BCUT2D eigenvalue weighted by Crippen LogP contribution is -2.60. The Morgan fingerprint density at radius 2 is 1.96 bits per heavy atom. The lowest BCUT2D eigenvalue weighted by atomic mass is 9.86. The molecule has 2 aromatic carbocycles. The minimum Gasteiger partial charge on any atom is -0.466 e. The monoisotopic (exact) mass is 444 g/mol. The molecule has 28 heavy (non-hydrogen) atoms. The summed E-state index contributed by atoms with van der Waals surface area (Å²) in [5, 5.41) is 7.16. The van der Waals surface area contributed by atoms with Crippen LogP contribution in [0.3, 0.4) is 0 Å². The molecule has 1 fully saturated rings. The minimum absolute atomic E-state index is 0.0928. The van der Waals surface area contributed by atoms with Crippen molar-refractivity contribution in [3.05, 3.63) is 63.9 Å². The first-order valence-corrected chi connectivity index (χ1v) is 10.4. The van der Waals surface area contributed by atoms with Gasteiger partial charge in [-0.2, -0.15) is 5.10 Å². The SMILES string of the molecule is CC1(C)C[C@@]2(CCO1)Oc1ccc(Br)cc1[C@H]1CC(c3ccc(F)cc3)=NN12. The zero-order valence-electron chi connectivity index (χ0n) is 15.9. The van der Waals surface area contributed by atoms with Crippen LogP contribution in [-0.4, -0.2) is 28.7 Å². The van der Waals surface area contributed by atoms with Crippen molar-refractivity contribution in [2.24, 2.45) is 5.10 Å². The second kappa shape index (κ2) is 6.29. The molecule has 0 unspecified atom stereocenters. The van der Waals surface area contributed by atoms with Crippen molar-refractivity contribution in [3.8, 4) is 5.75 Å². The fourth-order valence-corrected chi connectivity index (χ4v) is 5.02. The van der Waals surface area contributed by atoms with Crippen molar-refractivity contribution in [1.82, 2.24) is 5.01 Å². The fourth-order valence-electron chi connectivity index (χ4n) is 4.64. The molecule has 0 saturated carbocycles. The van der Waals surface area contributed by atoms with Gasteiger partial charge in [0.05, 0.1) is 24.0 Å². The van der Waals surface area contributed by atoms with Crippen molar-refractivity contribution in [3.63, 3.8) is 0 Å². The first-order chi connectivity index (χ1) is 13.4. The Kier molecular flexibility index (Phi) is 4.07. The largest absolute Gasteiger partial charge is 0.466 e. The molecule has 5 rings (SSSR count). The predicted molar refractivity (Wildman–Crippen MR) is 109 cm³/mol. The number of nitrogens with zero attached hydrogens (tertiary/aromatic N) is 2. The molecular weight excluding hydrogens is 423 g/mol. The molecule has 0 bridgehead atoms. The average Bonchev–Trinajstić information content (AvgIpc) is 3.09. The van der Waals surface area contributed by atoms with Gasteiger partial charge in [-0.05, 0) is 49.7 Å². The molecule has 0 radical (unpaired) electrons. The summed E-state index contributed by atoms with van der Waals surface area (Å²) >= 11 is 3.59. The number of halogens is 2. The Labute approximate surface area is 172 Å². The van der Waals surface area contributed by atoms with Crippen molar-refractivity contribution in [2.75, 3.05) is 6.61 Å². The molecule has 0 aliphatic carbocycles. The molecule has 3 aliphatic rings. The average molecular weight is 445 g/mol. The van der Waals surface area contributed by atoms with Crippen LogP contribution >= 0.6 is 15.9 Å². The molecule has 2 atom stereocenters. The fraction of sp³-hybridized carbons (Fsp3) is 0.409. The van der Waals surface area contributed by atoms with Gasteiger partial charge in [0.1, 0.15) is 11.6 Å². The number of hydrazone groups is 1. The van der Waals surface area contributed by atoms with Gasteiger partial charge in [-0.15, -0.1) is 0 Å². The standard InChI is InChI=1S/C22H22BrFN2O2/c1-21(2)13-22(9-10-27-21)26-19(17-11-15(23)5-8-20(17)28-22)12-18(25-26)14-3-6-16(24)7-4-14/h3-8,11,19H,9-10,12-13H2,1-2H3/t19-,22-/m1/s1. The molecule has 3 aliphatic heterocycles. The maximum Gasteiger partial charge on any atom is 0.203 e. The van der Waals surface area contributed by atoms with E-state index in [0.29, 0.717) is 6.61 Å². The van der Waals surface area contributed by atoms with E-state index < -0.39 is 5.72 Å². The third-order valence-electron chi connectivity index (χ3n) is 5.82. The van der Waals surface area contributed by atoms with E-state index in [0.717, 1.165) is 46.3 Å². The number of hydrogen-bond donors (Lipinski definition) is 0. The van der Waals surface area contributed by atoms with Gasteiger partial charge in [-0.1, -0.05) is 28.1 Å². The highest BCUT2D eigenvalue weighted by Gasteiger charge is 2.54. The molecular formula is C22H22BrFN2O2. The zero-order chi connectivity index (χ0) is 19.5. The van der Waals surface area contributed by atoms with E-state index in [4.69, 9.17) is 14.6 Å². The first-order valence-electron chi connectivity index (χ1n) is 9.60. The minimum atomic E-state index is -0.533. The van der Waals surface area contributed by atoms with Crippen molar-refractivity contribution < 1.29 is 13.9 Å². The summed E-state index contributed by atoms with van der Waals surface area (Å²) in [5.74, 6) is 0.679. The van der Waals surface area contributed by atoms with Gasteiger partial charge in [-0.3, -0.25) is 0 Å². The third kappa shape index (κ3) is 2.94. The molecule has 0 N–H and O–H groups in total. The quantitative estimate of drug-likeness (QED) is 0.588. The van der Waals surface area contributed by atoms with Crippen LogP contribution in [0.15, 0.2) is 52.0 Å². The summed E-state index contributed by atoms with van der Waals surface area (Å²) in [7, 11) is 0. The van der Waals surface area contributed by atoms with E-state index in [-0.39, 0.29) is 17.5 Å². The van der Waals surface area contributed by atoms with E-state index >= 15 is 0 Å². The maximum atomic E-state index is 13.4. The van der Waals surface area contributed by atoms with E-state index in [1.165, 1.54) is 12.1 Å². The van der Waals surface area contributed by atoms with E-state index in [1.807, 2.05) is 12.1 Å². The molecule has 6 heteroatoms. The number of rotatable bonds is 1. The highest BCUT2D eigenvalue weighted by molar-refractivity contribution is 9.10. The second-order valence-corrected chi connectivity index (χ2v) is 9.30.